The third-order valence-corrected chi connectivity index (χ3v) is 9.98. The lowest BCUT2D eigenvalue weighted by Crippen LogP contribution is -2.42. The standard InChI is InChI=1S/C30H31FN4O4S/c31-25-8-4-3-7-24(25)29-33-26(20-9-11-21(12-10-20)35-15-17-40(37,38)18-16-35)27(39-29)22-5-1-2-6-23(22)28(36)34-30(19-32)13-14-30/h3-4,7-12,22-23H,1-2,5-6,13-18H2,(H,34,36)/t22-,23-/m1/s1. The topological polar surface area (TPSA) is 116 Å². The van der Waals surface area contributed by atoms with Crippen molar-refractivity contribution in [1.29, 1.82) is 5.26 Å². The minimum absolute atomic E-state index is 0.131. The van der Waals surface area contributed by atoms with Crippen LogP contribution in [0.1, 0.15) is 50.2 Å². The molecule has 2 saturated carbocycles. The van der Waals surface area contributed by atoms with Crippen LogP contribution in [0, 0.1) is 23.1 Å². The van der Waals surface area contributed by atoms with E-state index in [0.717, 1.165) is 30.5 Å². The number of nitrogens with zero attached hydrogens (tertiary/aromatic N) is 3. The first-order valence-corrected chi connectivity index (χ1v) is 15.6. The molecule has 0 bridgehead atoms. The average molecular weight is 563 g/mol. The number of hydrogen-bond donors (Lipinski definition) is 1. The van der Waals surface area contributed by atoms with E-state index in [2.05, 4.69) is 11.4 Å². The Hall–Kier alpha value is -3.71. The zero-order valence-corrected chi connectivity index (χ0v) is 22.9. The number of amides is 1. The number of benzene rings is 2. The summed E-state index contributed by atoms with van der Waals surface area (Å²) in [5.41, 5.74) is 1.75. The van der Waals surface area contributed by atoms with E-state index in [1.165, 1.54) is 6.07 Å². The fourth-order valence-corrected chi connectivity index (χ4v) is 7.02. The van der Waals surface area contributed by atoms with Crippen molar-refractivity contribution in [3.8, 4) is 28.8 Å². The van der Waals surface area contributed by atoms with Gasteiger partial charge in [-0.05, 0) is 49.9 Å². The Balaban J connectivity index is 1.36. The van der Waals surface area contributed by atoms with E-state index in [9.17, 15) is 22.9 Å². The van der Waals surface area contributed by atoms with Crippen molar-refractivity contribution < 1.29 is 22.0 Å². The highest BCUT2D eigenvalue weighted by Gasteiger charge is 2.47. The number of hydrogen-bond acceptors (Lipinski definition) is 7. The summed E-state index contributed by atoms with van der Waals surface area (Å²) in [4.78, 5) is 20.2. The molecular weight excluding hydrogens is 531 g/mol. The van der Waals surface area contributed by atoms with Gasteiger partial charge in [-0.15, -0.1) is 0 Å². The maximum atomic E-state index is 14.8. The lowest BCUT2D eigenvalue weighted by atomic mass is 9.76. The molecular formula is C30H31FN4O4S. The van der Waals surface area contributed by atoms with Crippen molar-refractivity contribution in [3.05, 3.63) is 60.1 Å². The first-order chi connectivity index (χ1) is 19.3. The largest absolute Gasteiger partial charge is 0.440 e. The van der Waals surface area contributed by atoms with Gasteiger partial charge in [-0.1, -0.05) is 37.1 Å². The highest BCUT2D eigenvalue weighted by Crippen LogP contribution is 2.45. The predicted octanol–water partition coefficient (Wildman–Crippen LogP) is 4.83. The van der Waals surface area contributed by atoms with E-state index in [1.54, 1.807) is 18.2 Å². The molecule has 1 aliphatic heterocycles. The van der Waals surface area contributed by atoms with Crippen LogP contribution < -0.4 is 10.2 Å². The van der Waals surface area contributed by atoms with Crippen LogP contribution in [0.5, 0.6) is 0 Å². The minimum Gasteiger partial charge on any atom is -0.440 e. The fourth-order valence-electron chi connectivity index (χ4n) is 5.82. The number of rotatable bonds is 6. The van der Waals surface area contributed by atoms with Crippen LogP contribution in [0.25, 0.3) is 22.7 Å². The zero-order valence-electron chi connectivity index (χ0n) is 22.1. The van der Waals surface area contributed by atoms with Gasteiger partial charge in [0.05, 0.1) is 23.1 Å². The van der Waals surface area contributed by atoms with Crippen LogP contribution in [0.4, 0.5) is 10.1 Å². The molecule has 10 heteroatoms. The number of nitriles is 1. The number of oxazole rings is 1. The number of carbonyl (C=O) groups excluding carboxylic acids is 1. The third kappa shape index (κ3) is 5.22. The van der Waals surface area contributed by atoms with E-state index in [-0.39, 0.29) is 40.7 Å². The van der Waals surface area contributed by atoms with Crippen molar-refractivity contribution in [2.45, 2.75) is 50.0 Å². The van der Waals surface area contributed by atoms with Crippen molar-refractivity contribution >= 4 is 21.4 Å². The van der Waals surface area contributed by atoms with E-state index in [4.69, 9.17) is 9.40 Å². The summed E-state index contributed by atoms with van der Waals surface area (Å²) < 4.78 is 44.8. The summed E-state index contributed by atoms with van der Waals surface area (Å²) in [7, 11) is -2.99. The SMILES string of the molecule is N#CC1(NC(=O)[C@@H]2CCCC[C@H]2c2oc(-c3ccccc3F)nc2-c2ccc(N3CCS(=O)(=O)CC3)cc2)CC1. The second-order valence-electron chi connectivity index (χ2n) is 11.1. The first kappa shape index (κ1) is 26.5. The molecule has 0 radical (unpaired) electrons. The normalized spacial score (nSPS) is 23.2. The molecule has 3 aliphatic rings. The number of anilines is 1. The number of halogens is 1. The van der Waals surface area contributed by atoms with Gasteiger partial charge in [-0.3, -0.25) is 4.79 Å². The highest BCUT2D eigenvalue weighted by atomic mass is 32.2. The van der Waals surface area contributed by atoms with E-state index >= 15 is 0 Å². The van der Waals surface area contributed by atoms with Gasteiger partial charge in [0.2, 0.25) is 11.8 Å². The molecule has 2 atom stereocenters. The molecule has 1 amide bonds. The maximum Gasteiger partial charge on any atom is 0.229 e. The van der Waals surface area contributed by atoms with Gasteiger partial charge in [-0.25, -0.2) is 17.8 Å². The molecule has 2 aromatic carbocycles. The summed E-state index contributed by atoms with van der Waals surface area (Å²) in [6.45, 7) is 0.884. The number of sulfone groups is 1. The molecule has 8 nitrogen and oxygen atoms in total. The van der Waals surface area contributed by atoms with Crippen molar-refractivity contribution in [2.24, 2.45) is 5.92 Å². The molecule has 2 heterocycles. The summed E-state index contributed by atoms with van der Waals surface area (Å²) in [5.74, 6) is -0.259. The van der Waals surface area contributed by atoms with E-state index in [1.807, 2.05) is 29.2 Å². The molecule has 2 aliphatic carbocycles. The summed E-state index contributed by atoms with van der Waals surface area (Å²) in [6, 6.07) is 16.3. The Morgan fingerprint density at radius 3 is 2.45 bits per heavy atom. The van der Waals surface area contributed by atoms with Crippen LogP contribution in [-0.4, -0.2) is 49.4 Å². The highest BCUT2D eigenvalue weighted by molar-refractivity contribution is 7.91. The lowest BCUT2D eigenvalue weighted by Gasteiger charge is -2.30. The smallest absolute Gasteiger partial charge is 0.229 e. The molecule has 40 heavy (non-hydrogen) atoms. The minimum atomic E-state index is -2.99. The maximum absolute atomic E-state index is 14.8. The molecule has 1 saturated heterocycles. The average Bonchev–Trinajstić information content (AvgIpc) is 3.60. The first-order valence-electron chi connectivity index (χ1n) is 13.8. The van der Waals surface area contributed by atoms with Gasteiger partial charge in [0.25, 0.3) is 0 Å². The van der Waals surface area contributed by atoms with E-state index < -0.39 is 21.2 Å². The van der Waals surface area contributed by atoms with Crippen LogP contribution in [0.3, 0.4) is 0 Å². The summed E-state index contributed by atoms with van der Waals surface area (Å²) in [5, 5.41) is 12.5. The molecule has 3 fully saturated rings. The second-order valence-corrected chi connectivity index (χ2v) is 13.4. The van der Waals surface area contributed by atoms with E-state index in [0.29, 0.717) is 43.8 Å². The summed E-state index contributed by atoms with van der Waals surface area (Å²) in [6.07, 6.45) is 4.53. The number of nitrogens with one attached hydrogen (secondary N) is 1. The molecule has 3 aromatic rings. The third-order valence-electron chi connectivity index (χ3n) is 8.37. The molecule has 0 spiro atoms. The quantitative estimate of drug-likeness (QED) is 0.458. The van der Waals surface area contributed by atoms with Crippen LogP contribution in [-0.2, 0) is 14.6 Å². The molecule has 1 aromatic heterocycles. The van der Waals surface area contributed by atoms with Gasteiger partial charge in [0, 0.05) is 36.2 Å². The van der Waals surface area contributed by atoms with Crippen LogP contribution in [0.2, 0.25) is 0 Å². The van der Waals surface area contributed by atoms with Crippen molar-refractivity contribution in [1.82, 2.24) is 10.3 Å². The second kappa shape index (κ2) is 10.4. The molecule has 6 rings (SSSR count). The summed E-state index contributed by atoms with van der Waals surface area (Å²) >= 11 is 0. The lowest BCUT2D eigenvalue weighted by molar-refractivity contribution is -0.127. The van der Waals surface area contributed by atoms with Gasteiger partial charge in [0.1, 0.15) is 22.8 Å². The number of carbonyl (C=O) groups is 1. The Morgan fingerprint density at radius 2 is 1.77 bits per heavy atom. The molecule has 208 valence electrons. The van der Waals surface area contributed by atoms with Crippen LogP contribution >= 0.6 is 0 Å². The van der Waals surface area contributed by atoms with Gasteiger partial charge in [-0.2, -0.15) is 5.26 Å². The predicted molar refractivity (Wildman–Crippen MR) is 149 cm³/mol. The number of aromatic nitrogens is 1. The van der Waals surface area contributed by atoms with Gasteiger partial charge < -0.3 is 14.6 Å². The zero-order chi connectivity index (χ0) is 27.9. The Morgan fingerprint density at radius 1 is 1.07 bits per heavy atom. The fraction of sp³-hybridized carbons (Fsp3) is 0.433. The van der Waals surface area contributed by atoms with Crippen LogP contribution in [0.15, 0.2) is 52.9 Å². The Labute approximate surface area is 233 Å². The molecule has 1 N–H and O–H groups in total. The Kier molecular flexibility index (Phi) is 6.87. The van der Waals surface area contributed by atoms with Gasteiger partial charge >= 0.3 is 0 Å². The van der Waals surface area contributed by atoms with Crippen molar-refractivity contribution in [2.75, 3.05) is 29.5 Å². The van der Waals surface area contributed by atoms with Gasteiger partial charge in [0.15, 0.2) is 9.84 Å². The molecule has 0 unspecified atom stereocenters. The monoisotopic (exact) mass is 562 g/mol. The Bertz CT molecular complexity index is 1560. The van der Waals surface area contributed by atoms with Crippen molar-refractivity contribution in [3.63, 3.8) is 0 Å².